The smallest absolute Gasteiger partial charge is 0.236 e. The SMILES string of the molecule is Fc1cc(-c2cnc(F)c(NCC3CCOCC3)c2)c(Cl)cn1. The first-order chi connectivity index (χ1) is 11.1. The van der Waals surface area contributed by atoms with E-state index in [0.29, 0.717) is 23.6 Å². The molecule has 1 N–H and O–H groups in total. The van der Waals surface area contributed by atoms with Gasteiger partial charge in [0.2, 0.25) is 11.9 Å². The Morgan fingerprint density at radius 3 is 2.74 bits per heavy atom. The molecule has 7 heteroatoms. The first kappa shape index (κ1) is 16.1. The fourth-order valence-electron chi connectivity index (χ4n) is 2.56. The summed E-state index contributed by atoms with van der Waals surface area (Å²) >= 11 is 6.04. The van der Waals surface area contributed by atoms with Gasteiger partial charge in [-0.1, -0.05) is 11.6 Å². The van der Waals surface area contributed by atoms with Gasteiger partial charge in [-0.25, -0.2) is 9.97 Å². The predicted octanol–water partition coefficient (Wildman–Crippen LogP) is 3.91. The summed E-state index contributed by atoms with van der Waals surface area (Å²) in [5.74, 6) is -0.800. The Hall–Kier alpha value is -1.79. The highest BCUT2D eigenvalue weighted by molar-refractivity contribution is 6.33. The zero-order chi connectivity index (χ0) is 16.2. The molecule has 23 heavy (non-hydrogen) atoms. The lowest BCUT2D eigenvalue weighted by Gasteiger charge is -2.22. The van der Waals surface area contributed by atoms with Gasteiger partial charge < -0.3 is 10.1 Å². The van der Waals surface area contributed by atoms with Gasteiger partial charge in [-0.05, 0) is 24.8 Å². The molecular formula is C16H16ClF2N3O. The third-order valence-electron chi connectivity index (χ3n) is 3.89. The van der Waals surface area contributed by atoms with Crippen LogP contribution in [-0.4, -0.2) is 29.7 Å². The zero-order valence-corrected chi connectivity index (χ0v) is 13.1. The second-order valence-electron chi connectivity index (χ2n) is 5.49. The van der Waals surface area contributed by atoms with Gasteiger partial charge in [0.25, 0.3) is 0 Å². The second kappa shape index (κ2) is 7.19. The molecule has 1 aliphatic heterocycles. The highest BCUT2D eigenvalue weighted by Crippen LogP contribution is 2.29. The number of nitrogens with zero attached hydrogens (tertiary/aromatic N) is 2. The summed E-state index contributed by atoms with van der Waals surface area (Å²) in [4.78, 5) is 7.22. The van der Waals surface area contributed by atoms with Crippen LogP contribution in [0.4, 0.5) is 14.5 Å². The van der Waals surface area contributed by atoms with Crippen molar-refractivity contribution in [1.29, 1.82) is 0 Å². The van der Waals surface area contributed by atoms with Gasteiger partial charge in [0.1, 0.15) is 0 Å². The van der Waals surface area contributed by atoms with Crippen LogP contribution in [0.3, 0.4) is 0 Å². The minimum atomic E-state index is -0.648. The monoisotopic (exact) mass is 339 g/mol. The first-order valence-electron chi connectivity index (χ1n) is 7.42. The minimum Gasteiger partial charge on any atom is -0.381 e. The number of pyridine rings is 2. The minimum absolute atomic E-state index is 0.280. The summed E-state index contributed by atoms with van der Waals surface area (Å²) in [7, 11) is 0. The lowest BCUT2D eigenvalue weighted by molar-refractivity contribution is 0.0699. The van der Waals surface area contributed by atoms with Crippen molar-refractivity contribution in [2.45, 2.75) is 12.8 Å². The molecule has 4 nitrogen and oxygen atoms in total. The van der Waals surface area contributed by atoms with E-state index >= 15 is 0 Å². The van der Waals surface area contributed by atoms with Crippen LogP contribution in [0.1, 0.15) is 12.8 Å². The van der Waals surface area contributed by atoms with Crippen LogP contribution in [-0.2, 0) is 4.74 Å². The van der Waals surface area contributed by atoms with Crippen LogP contribution in [0.15, 0.2) is 24.5 Å². The number of rotatable bonds is 4. The summed E-state index contributed by atoms with van der Waals surface area (Å²) < 4.78 is 32.5. The molecule has 0 radical (unpaired) electrons. The Balaban J connectivity index is 1.79. The van der Waals surface area contributed by atoms with Crippen molar-refractivity contribution in [3.63, 3.8) is 0 Å². The molecule has 1 saturated heterocycles. The average Bonchev–Trinajstić information content (AvgIpc) is 2.57. The van der Waals surface area contributed by atoms with E-state index in [2.05, 4.69) is 15.3 Å². The molecule has 0 saturated carbocycles. The van der Waals surface area contributed by atoms with E-state index in [1.807, 2.05) is 0 Å². The maximum Gasteiger partial charge on any atom is 0.236 e. The number of hydrogen-bond acceptors (Lipinski definition) is 4. The number of aromatic nitrogens is 2. The molecular weight excluding hydrogens is 324 g/mol. The number of halogens is 3. The Kier molecular flexibility index (Phi) is 5.03. The Morgan fingerprint density at radius 2 is 1.96 bits per heavy atom. The first-order valence-corrected chi connectivity index (χ1v) is 7.80. The third kappa shape index (κ3) is 3.95. The molecule has 1 fully saturated rings. The predicted molar refractivity (Wildman–Crippen MR) is 84.4 cm³/mol. The molecule has 0 atom stereocenters. The highest BCUT2D eigenvalue weighted by atomic mass is 35.5. The van der Waals surface area contributed by atoms with Crippen LogP contribution in [0.2, 0.25) is 5.02 Å². The van der Waals surface area contributed by atoms with Crippen LogP contribution in [0.25, 0.3) is 11.1 Å². The molecule has 3 rings (SSSR count). The second-order valence-corrected chi connectivity index (χ2v) is 5.89. The topological polar surface area (TPSA) is 47.0 Å². The molecule has 0 aliphatic carbocycles. The summed E-state index contributed by atoms with van der Waals surface area (Å²) in [6.07, 6.45) is 4.45. The summed E-state index contributed by atoms with van der Waals surface area (Å²) in [5.41, 5.74) is 1.25. The number of hydrogen-bond donors (Lipinski definition) is 1. The van der Waals surface area contributed by atoms with Crippen molar-refractivity contribution in [2.75, 3.05) is 25.1 Å². The van der Waals surface area contributed by atoms with Crippen molar-refractivity contribution in [1.82, 2.24) is 9.97 Å². The van der Waals surface area contributed by atoms with Gasteiger partial charge in [-0.15, -0.1) is 0 Å². The van der Waals surface area contributed by atoms with Crippen molar-refractivity contribution >= 4 is 17.3 Å². The van der Waals surface area contributed by atoms with E-state index in [1.54, 1.807) is 6.07 Å². The highest BCUT2D eigenvalue weighted by Gasteiger charge is 2.15. The third-order valence-corrected chi connectivity index (χ3v) is 4.20. The van der Waals surface area contributed by atoms with E-state index < -0.39 is 11.9 Å². The van der Waals surface area contributed by atoms with E-state index in [0.717, 1.165) is 26.1 Å². The number of nitrogens with one attached hydrogen (secondary N) is 1. The number of anilines is 1. The van der Waals surface area contributed by atoms with Crippen LogP contribution < -0.4 is 5.32 Å². The van der Waals surface area contributed by atoms with Crippen LogP contribution in [0.5, 0.6) is 0 Å². The molecule has 122 valence electrons. The van der Waals surface area contributed by atoms with Gasteiger partial charge >= 0.3 is 0 Å². The Labute approximate surface area is 137 Å². The Bertz CT molecular complexity index is 693. The van der Waals surface area contributed by atoms with Crippen molar-refractivity contribution in [3.8, 4) is 11.1 Å². The fourth-order valence-corrected chi connectivity index (χ4v) is 2.77. The van der Waals surface area contributed by atoms with Gasteiger partial charge in [-0.3, -0.25) is 0 Å². The Morgan fingerprint density at radius 1 is 1.17 bits per heavy atom. The maximum absolute atomic E-state index is 13.9. The summed E-state index contributed by atoms with van der Waals surface area (Å²) in [6, 6.07) is 2.79. The van der Waals surface area contributed by atoms with E-state index in [4.69, 9.17) is 16.3 Å². The molecule has 3 heterocycles. The van der Waals surface area contributed by atoms with Crippen LogP contribution in [0, 0.1) is 17.8 Å². The maximum atomic E-state index is 13.9. The fraction of sp³-hybridized carbons (Fsp3) is 0.375. The van der Waals surface area contributed by atoms with Gasteiger partial charge in [0, 0.05) is 49.3 Å². The van der Waals surface area contributed by atoms with Crippen molar-refractivity contribution in [3.05, 3.63) is 41.4 Å². The lowest BCUT2D eigenvalue weighted by Crippen LogP contribution is -2.23. The molecule has 2 aromatic heterocycles. The molecule has 0 unspecified atom stereocenters. The largest absolute Gasteiger partial charge is 0.381 e. The van der Waals surface area contributed by atoms with E-state index in [9.17, 15) is 8.78 Å². The normalized spacial score (nSPS) is 15.6. The zero-order valence-electron chi connectivity index (χ0n) is 12.4. The lowest BCUT2D eigenvalue weighted by atomic mass is 10.0. The van der Waals surface area contributed by atoms with Crippen LogP contribution >= 0.6 is 11.6 Å². The van der Waals surface area contributed by atoms with Gasteiger partial charge in [0.05, 0.1) is 10.7 Å². The molecule has 0 spiro atoms. The van der Waals surface area contributed by atoms with E-state index in [1.165, 1.54) is 18.5 Å². The number of ether oxygens (including phenoxy) is 1. The molecule has 2 aromatic rings. The van der Waals surface area contributed by atoms with Crippen molar-refractivity contribution in [2.24, 2.45) is 5.92 Å². The molecule has 0 amide bonds. The van der Waals surface area contributed by atoms with Gasteiger partial charge in [-0.2, -0.15) is 8.78 Å². The quantitative estimate of drug-likeness (QED) is 0.858. The molecule has 0 aromatic carbocycles. The summed E-state index contributed by atoms with van der Waals surface area (Å²) in [5, 5.41) is 3.37. The van der Waals surface area contributed by atoms with Crippen molar-refractivity contribution < 1.29 is 13.5 Å². The molecule has 0 bridgehead atoms. The molecule has 1 aliphatic rings. The van der Waals surface area contributed by atoms with E-state index in [-0.39, 0.29) is 10.7 Å². The van der Waals surface area contributed by atoms with Gasteiger partial charge in [0.15, 0.2) is 0 Å². The average molecular weight is 340 g/mol. The summed E-state index contributed by atoms with van der Waals surface area (Å²) in [6.45, 7) is 2.11. The standard InChI is InChI=1S/C16H16ClF2N3O/c17-13-9-21-15(18)6-12(13)11-5-14(16(19)22-8-11)20-7-10-1-3-23-4-2-10/h5-6,8-10,20H,1-4,7H2.